The van der Waals surface area contributed by atoms with E-state index in [-0.39, 0.29) is 0 Å². The number of benzene rings is 2. The molecule has 0 saturated carbocycles. The van der Waals surface area contributed by atoms with Crippen molar-refractivity contribution in [1.29, 1.82) is 0 Å². The molecular formula is C15H9Cl2IN2OS. The minimum Gasteiger partial charge on any atom is -0.411 e. The number of hydrogen-bond acceptors (Lipinski definition) is 4. The summed E-state index contributed by atoms with van der Waals surface area (Å²) < 4.78 is 6.82. The molecule has 3 rings (SSSR count). The van der Waals surface area contributed by atoms with Crippen molar-refractivity contribution in [3.63, 3.8) is 0 Å². The van der Waals surface area contributed by atoms with Crippen LogP contribution in [0.15, 0.2) is 52.1 Å². The SMILES string of the molecule is Clc1cccc(Cl)c1CSc1nnc(-c2ccc(I)cc2)o1. The van der Waals surface area contributed by atoms with Crippen LogP contribution in [-0.4, -0.2) is 10.2 Å². The first-order valence-electron chi connectivity index (χ1n) is 6.28. The van der Waals surface area contributed by atoms with Crippen LogP contribution < -0.4 is 0 Å². The summed E-state index contributed by atoms with van der Waals surface area (Å²) in [6, 6.07) is 13.3. The zero-order valence-electron chi connectivity index (χ0n) is 11.1. The lowest BCUT2D eigenvalue weighted by molar-refractivity contribution is 0.466. The van der Waals surface area contributed by atoms with Gasteiger partial charge >= 0.3 is 0 Å². The highest BCUT2D eigenvalue weighted by molar-refractivity contribution is 14.1. The fourth-order valence-electron chi connectivity index (χ4n) is 1.78. The topological polar surface area (TPSA) is 38.9 Å². The highest BCUT2D eigenvalue weighted by atomic mass is 127. The summed E-state index contributed by atoms with van der Waals surface area (Å²) in [5, 5.41) is 9.88. The quantitative estimate of drug-likeness (QED) is 0.355. The second-order valence-electron chi connectivity index (χ2n) is 4.37. The number of aromatic nitrogens is 2. The second kappa shape index (κ2) is 7.21. The third-order valence-electron chi connectivity index (χ3n) is 2.90. The van der Waals surface area contributed by atoms with Crippen LogP contribution in [-0.2, 0) is 5.75 Å². The highest BCUT2D eigenvalue weighted by Crippen LogP contribution is 2.32. The van der Waals surface area contributed by atoms with Gasteiger partial charge in [-0.15, -0.1) is 10.2 Å². The van der Waals surface area contributed by atoms with Crippen molar-refractivity contribution in [2.24, 2.45) is 0 Å². The van der Waals surface area contributed by atoms with Crippen molar-refractivity contribution in [3.8, 4) is 11.5 Å². The van der Waals surface area contributed by atoms with Crippen LogP contribution in [0.5, 0.6) is 0 Å². The number of halogens is 3. The maximum absolute atomic E-state index is 6.15. The first-order chi connectivity index (χ1) is 10.6. The van der Waals surface area contributed by atoms with Gasteiger partial charge in [0.05, 0.1) is 0 Å². The molecule has 0 spiro atoms. The second-order valence-corrected chi connectivity index (χ2v) is 7.36. The summed E-state index contributed by atoms with van der Waals surface area (Å²) in [7, 11) is 0. The van der Waals surface area contributed by atoms with E-state index in [1.54, 1.807) is 0 Å². The van der Waals surface area contributed by atoms with Gasteiger partial charge in [-0.2, -0.15) is 0 Å². The molecule has 0 amide bonds. The molecule has 7 heteroatoms. The Morgan fingerprint density at radius 1 is 1.00 bits per heavy atom. The molecular weight excluding hydrogens is 454 g/mol. The molecule has 3 nitrogen and oxygen atoms in total. The Kier molecular flexibility index (Phi) is 5.28. The Bertz CT molecular complexity index is 772. The minimum absolute atomic E-state index is 0.490. The molecule has 0 radical (unpaired) electrons. The van der Waals surface area contributed by atoms with E-state index in [0.717, 1.165) is 14.7 Å². The van der Waals surface area contributed by atoms with Gasteiger partial charge in [0.15, 0.2) is 0 Å². The largest absolute Gasteiger partial charge is 0.411 e. The molecule has 3 aromatic rings. The van der Waals surface area contributed by atoms with Gasteiger partial charge < -0.3 is 4.42 Å². The van der Waals surface area contributed by atoms with Crippen LogP contribution >= 0.6 is 57.6 Å². The summed E-state index contributed by atoms with van der Waals surface area (Å²) in [6.45, 7) is 0. The zero-order valence-corrected chi connectivity index (χ0v) is 15.6. The highest BCUT2D eigenvalue weighted by Gasteiger charge is 2.11. The molecule has 1 heterocycles. The van der Waals surface area contributed by atoms with Crippen molar-refractivity contribution in [2.45, 2.75) is 11.0 Å². The Morgan fingerprint density at radius 2 is 1.68 bits per heavy atom. The van der Waals surface area contributed by atoms with Crippen molar-refractivity contribution in [2.75, 3.05) is 0 Å². The summed E-state index contributed by atoms with van der Waals surface area (Å²) in [5.74, 6) is 1.08. The summed E-state index contributed by atoms with van der Waals surface area (Å²) in [4.78, 5) is 0. The van der Waals surface area contributed by atoms with Crippen molar-refractivity contribution < 1.29 is 4.42 Å². The third kappa shape index (κ3) is 3.76. The van der Waals surface area contributed by atoms with Crippen LogP contribution in [0.2, 0.25) is 10.0 Å². The molecule has 22 heavy (non-hydrogen) atoms. The van der Waals surface area contributed by atoms with Crippen molar-refractivity contribution >= 4 is 57.6 Å². The van der Waals surface area contributed by atoms with Gasteiger partial charge in [-0.05, 0) is 64.6 Å². The standard InChI is InChI=1S/C15H9Cl2IN2OS/c16-12-2-1-3-13(17)11(12)8-22-15-20-19-14(21-15)9-4-6-10(18)7-5-9/h1-7H,8H2. The predicted molar refractivity (Wildman–Crippen MR) is 98.5 cm³/mol. The first kappa shape index (κ1) is 16.1. The maximum atomic E-state index is 6.15. The van der Waals surface area contributed by atoms with E-state index in [1.165, 1.54) is 11.8 Å². The smallest absolute Gasteiger partial charge is 0.277 e. The fourth-order valence-corrected chi connectivity index (χ4v) is 3.65. The van der Waals surface area contributed by atoms with Gasteiger partial charge in [0.1, 0.15) is 0 Å². The van der Waals surface area contributed by atoms with Gasteiger partial charge in [-0.25, -0.2) is 0 Å². The lowest BCUT2D eigenvalue weighted by atomic mass is 10.2. The zero-order chi connectivity index (χ0) is 15.5. The Labute approximate surface area is 155 Å². The average molecular weight is 463 g/mol. The van der Waals surface area contributed by atoms with Crippen molar-refractivity contribution in [3.05, 3.63) is 61.6 Å². The van der Waals surface area contributed by atoms with E-state index >= 15 is 0 Å². The Morgan fingerprint density at radius 3 is 2.36 bits per heavy atom. The van der Waals surface area contributed by atoms with Gasteiger partial charge in [-0.1, -0.05) is 41.0 Å². The first-order valence-corrected chi connectivity index (χ1v) is 9.10. The molecule has 0 aliphatic heterocycles. The lowest BCUT2D eigenvalue weighted by Crippen LogP contribution is -1.84. The fraction of sp³-hybridized carbons (Fsp3) is 0.0667. The summed E-state index contributed by atoms with van der Waals surface area (Å²) in [6.07, 6.45) is 0. The molecule has 0 bridgehead atoms. The number of hydrogen-bond donors (Lipinski definition) is 0. The lowest BCUT2D eigenvalue weighted by Gasteiger charge is -2.04. The maximum Gasteiger partial charge on any atom is 0.277 e. The Hall–Kier alpha value is -0.760. The van der Waals surface area contributed by atoms with Crippen molar-refractivity contribution in [1.82, 2.24) is 10.2 Å². The van der Waals surface area contributed by atoms with E-state index in [4.69, 9.17) is 27.6 Å². The summed E-state index contributed by atoms with van der Waals surface area (Å²) in [5.41, 5.74) is 1.76. The molecule has 0 N–H and O–H groups in total. The van der Waals surface area contributed by atoms with Crippen LogP contribution in [0.4, 0.5) is 0 Å². The van der Waals surface area contributed by atoms with Crippen LogP contribution in [0.25, 0.3) is 11.5 Å². The normalized spacial score (nSPS) is 10.9. The molecule has 1 aromatic heterocycles. The van der Waals surface area contributed by atoms with Gasteiger partial charge in [-0.3, -0.25) is 0 Å². The number of nitrogens with zero attached hydrogens (tertiary/aromatic N) is 2. The molecule has 0 atom stereocenters. The van der Waals surface area contributed by atoms with E-state index < -0.39 is 0 Å². The molecule has 0 saturated heterocycles. The van der Waals surface area contributed by atoms with Gasteiger partial charge in [0.25, 0.3) is 5.22 Å². The number of rotatable bonds is 4. The molecule has 0 aliphatic rings. The monoisotopic (exact) mass is 462 g/mol. The minimum atomic E-state index is 0.490. The van der Waals surface area contributed by atoms with Crippen LogP contribution in [0.3, 0.4) is 0 Å². The van der Waals surface area contributed by atoms with Gasteiger partial charge in [0.2, 0.25) is 5.89 Å². The average Bonchev–Trinajstić information content (AvgIpc) is 2.96. The number of thioether (sulfide) groups is 1. The van der Waals surface area contributed by atoms with E-state index in [0.29, 0.717) is 26.9 Å². The van der Waals surface area contributed by atoms with Crippen LogP contribution in [0, 0.1) is 3.57 Å². The molecule has 2 aromatic carbocycles. The molecule has 112 valence electrons. The molecule has 0 fully saturated rings. The predicted octanol–water partition coefficient (Wildman–Crippen LogP) is 5.94. The Balaban J connectivity index is 1.73. The molecule has 0 aliphatic carbocycles. The summed E-state index contributed by atoms with van der Waals surface area (Å²) >= 11 is 16.0. The van der Waals surface area contributed by atoms with Crippen LogP contribution in [0.1, 0.15) is 5.56 Å². The molecule has 0 unspecified atom stereocenters. The van der Waals surface area contributed by atoms with E-state index in [2.05, 4.69) is 32.8 Å². The van der Waals surface area contributed by atoms with E-state index in [1.807, 2.05) is 42.5 Å². The third-order valence-corrected chi connectivity index (χ3v) is 5.17. The van der Waals surface area contributed by atoms with Gasteiger partial charge in [0, 0.05) is 24.9 Å². The van der Waals surface area contributed by atoms with E-state index in [9.17, 15) is 0 Å².